The Hall–Kier alpha value is -1.09. The molecule has 0 radical (unpaired) electrons. The highest BCUT2D eigenvalue weighted by Crippen LogP contribution is 2.29. The largest absolute Gasteiger partial charge is 0.491 e. The average molecular weight is 239 g/mol. The molecule has 1 aromatic rings. The number of rotatable bonds is 5. The Balaban J connectivity index is 3.10. The third kappa shape index (κ3) is 3.70. The molecule has 0 aliphatic rings. The van der Waals surface area contributed by atoms with Gasteiger partial charge in [-0.15, -0.1) is 0 Å². The number of aryl methyl sites for hydroxylation is 1. The summed E-state index contributed by atoms with van der Waals surface area (Å²) in [6.07, 6.45) is 0.0902. The molecular formula is C14H22FNO. The SMILES string of the molecule is CCNC(C)c1cc(F)c(C)cc1OC(C)C. The molecule has 0 saturated heterocycles. The topological polar surface area (TPSA) is 21.3 Å². The lowest BCUT2D eigenvalue weighted by molar-refractivity contribution is 0.237. The van der Waals surface area contributed by atoms with Gasteiger partial charge in [0.05, 0.1) is 6.10 Å². The van der Waals surface area contributed by atoms with Crippen LogP contribution in [0.5, 0.6) is 5.75 Å². The summed E-state index contributed by atoms with van der Waals surface area (Å²) >= 11 is 0. The molecule has 0 heterocycles. The van der Waals surface area contributed by atoms with Gasteiger partial charge in [0, 0.05) is 11.6 Å². The minimum Gasteiger partial charge on any atom is -0.491 e. The van der Waals surface area contributed by atoms with Crippen LogP contribution in [-0.2, 0) is 0 Å². The predicted molar refractivity (Wildman–Crippen MR) is 69.0 cm³/mol. The summed E-state index contributed by atoms with van der Waals surface area (Å²) in [5.74, 6) is 0.591. The van der Waals surface area contributed by atoms with Crippen LogP contribution in [0, 0.1) is 12.7 Å². The lowest BCUT2D eigenvalue weighted by atomic mass is 10.0. The average Bonchev–Trinajstić information content (AvgIpc) is 2.22. The van der Waals surface area contributed by atoms with Crippen LogP contribution in [0.15, 0.2) is 12.1 Å². The zero-order valence-corrected chi connectivity index (χ0v) is 11.3. The fourth-order valence-corrected chi connectivity index (χ4v) is 1.78. The maximum Gasteiger partial charge on any atom is 0.126 e. The summed E-state index contributed by atoms with van der Waals surface area (Å²) in [4.78, 5) is 0. The molecule has 1 N–H and O–H groups in total. The van der Waals surface area contributed by atoms with Crippen LogP contribution < -0.4 is 10.1 Å². The number of ether oxygens (including phenoxy) is 1. The van der Waals surface area contributed by atoms with Gasteiger partial charge < -0.3 is 10.1 Å². The van der Waals surface area contributed by atoms with Crippen molar-refractivity contribution in [1.29, 1.82) is 0 Å². The van der Waals surface area contributed by atoms with Crippen molar-refractivity contribution in [1.82, 2.24) is 5.32 Å². The van der Waals surface area contributed by atoms with Gasteiger partial charge in [0.15, 0.2) is 0 Å². The van der Waals surface area contributed by atoms with E-state index in [0.29, 0.717) is 5.56 Å². The van der Waals surface area contributed by atoms with Crippen molar-refractivity contribution in [3.8, 4) is 5.75 Å². The van der Waals surface area contributed by atoms with E-state index < -0.39 is 0 Å². The van der Waals surface area contributed by atoms with Gasteiger partial charge in [-0.25, -0.2) is 4.39 Å². The Bertz CT molecular complexity index is 377. The Kier molecular flexibility index (Phi) is 4.94. The van der Waals surface area contributed by atoms with E-state index in [1.807, 2.05) is 27.7 Å². The number of halogens is 1. The Morgan fingerprint density at radius 2 is 1.94 bits per heavy atom. The van der Waals surface area contributed by atoms with Crippen LogP contribution >= 0.6 is 0 Å². The van der Waals surface area contributed by atoms with E-state index in [1.54, 1.807) is 19.1 Å². The summed E-state index contributed by atoms with van der Waals surface area (Å²) in [5, 5.41) is 3.28. The first-order valence-electron chi connectivity index (χ1n) is 6.15. The first kappa shape index (κ1) is 14.0. The molecule has 2 nitrogen and oxygen atoms in total. The lowest BCUT2D eigenvalue weighted by Crippen LogP contribution is -2.20. The van der Waals surface area contributed by atoms with Crippen LogP contribution in [-0.4, -0.2) is 12.6 Å². The van der Waals surface area contributed by atoms with Crippen molar-refractivity contribution in [2.24, 2.45) is 0 Å². The molecule has 0 aromatic heterocycles. The maximum absolute atomic E-state index is 13.6. The van der Waals surface area contributed by atoms with Crippen LogP contribution in [0.3, 0.4) is 0 Å². The second kappa shape index (κ2) is 6.01. The quantitative estimate of drug-likeness (QED) is 0.847. The molecule has 1 atom stereocenters. The molecule has 0 bridgehead atoms. The predicted octanol–water partition coefficient (Wildman–Crippen LogP) is 3.59. The van der Waals surface area contributed by atoms with Gasteiger partial charge in [-0.2, -0.15) is 0 Å². The number of benzene rings is 1. The highest BCUT2D eigenvalue weighted by Gasteiger charge is 2.15. The molecular weight excluding hydrogens is 217 g/mol. The maximum atomic E-state index is 13.6. The van der Waals surface area contributed by atoms with Crippen molar-refractivity contribution in [3.63, 3.8) is 0 Å². The van der Waals surface area contributed by atoms with E-state index in [-0.39, 0.29) is 18.0 Å². The highest BCUT2D eigenvalue weighted by molar-refractivity contribution is 5.40. The molecule has 3 heteroatoms. The monoisotopic (exact) mass is 239 g/mol. The van der Waals surface area contributed by atoms with Crippen molar-refractivity contribution in [3.05, 3.63) is 29.1 Å². The Labute approximate surface area is 103 Å². The summed E-state index contributed by atoms with van der Waals surface area (Å²) < 4.78 is 19.4. The number of hydrogen-bond donors (Lipinski definition) is 1. The molecule has 0 aliphatic heterocycles. The van der Waals surface area contributed by atoms with Gasteiger partial charge in [0.2, 0.25) is 0 Å². The van der Waals surface area contributed by atoms with Gasteiger partial charge in [-0.3, -0.25) is 0 Å². The smallest absolute Gasteiger partial charge is 0.126 e. The van der Waals surface area contributed by atoms with E-state index in [2.05, 4.69) is 5.32 Å². The molecule has 1 rings (SSSR count). The molecule has 0 spiro atoms. The van der Waals surface area contributed by atoms with Crippen LogP contribution in [0.4, 0.5) is 4.39 Å². The summed E-state index contributed by atoms with van der Waals surface area (Å²) in [7, 11) is 0. The second-order valence-corrected chi connectivity index (χ2v) is 4.59. The van der Waals surface area contributed by atoms with Gasteiger partial charge in [0.1, 0.15) is 11.6 Å². The first-order valence-corrected chi connectivity index (χ1v) is 6.15. The summed E-state index contributed by atoms with van der Waals surface area (Å²) in [6.45, 7) is 10.6. The van der Waals surface area contributed by atoms with Crippen molar-refractivity contribution < 1.29 is 9.13 Å². The van der Waals surface area contributed by atoms with Gasteiger partial charge in [-0.05, 0) is 51.9 Å². The number of nitrogens with one attached hydrogen (secondary N) is 1. The Morgan fingerprint density at radius 1 is 1.29 bits per heavy atom. The van der Waals surface area contributed by atoms with E-state index in [1.165, 1.54) is 0 Å². The van der Waals surface area contributed by atoms with Crippen molar-refractivity contribution in [2.75, 3.05) is 6.54 Å². The molecule has 1 aromatic carbocycles. The van der Waals surface area contributed by atoms with E-state index in [4.69, 9.17) is 4.74 Å². The summed E-state index contributed by atoms with van der Waals surface area (Å²) in [6, 6.07) is 3.43. The van der Waals surface area contributed by atoms with Crippen LogP contribution in [0.25, 0.3) is 0 Å². The van der Waals surface area contributed by atoms with Gasteiger partial charge in [0.25, 0.3) is 0 Å². The fourth-order valence-electron chi connectivity index (χ4n) is 1.78. The minimum absolute atomic E-state index is 0.0869. The second-order valence-electron chi connectivity index (χ2n) is 4.59. The molecule has 0 aliphatic carbocycles. The standard InChI is InChI=1S/C14H22FNO/c1-6-16-11(5)12-8-13(15)10(4)7-14(12)17-9(2)3/h7-9,11,16H,6H2,1-5H3. The van der Waals surface area contributed by atoms with E-state index in [9.17, 15) is 4.39 Å². The van der Waals surface area contributed by atoms with Crippen LogP contribution in [0.1, 0.15) is 44.9 Å². The van der Waals surface area contributed by atoms with Gasteiger partial charge in [-0.1, -0.05) is 6.92 Å². The first-order chi connectivity index (χ1) is 7.95. The molecule has 0 saturated carbocycles. The third-order valence-electron chi connectivity index (χ3n) is 2.63. The molecule has 1 unspecified atom stereocenters. The Morgan fingerprint density at radius 3 is 2.47 bits per heavy atom. The molecule has 0 fully saturated rings. The van der Waals surface area contributed by atoms with Crippen molar-refractivity contribution >= 4 is 0 Å². The van der Waals surface area contributed by atoms with E-state index >= 15 is 0 Å². The third-order valence-corrected chi connectivity index (χ3v) is 2.63. The molecule has 96 valence electrons. The zero-order chi connectivity index (χ0) is 13.0. The fraction of sp³-hybridized carbons (Fsp3) is 0.571. The molecule has 17 heavy (non-hydrogen) atoms. The van der Waals surface area contributed by atoms with Crippen LogP contribution in [0.2, 0.25) is 0 Å². The van der Waals surface area contributed by atoms with Crippen molar-refractivity contribution in [2.45, 2.75) is 46.8 Å². The lowest BCUT2D eigenvalue weighted by Gasteiger charge is -2.20. The molecule has 0 amide bonds. The zero-order valence-electron chi connectivity index (χ0n) is 11.3. The van der Waals surface area contributed by atoms with E-state index in [0.717, 1.165) is 17.9 Å². The summed E-state index contributed by atoms with van der Waals surface area (Å²) in [5.41, 5.74) is 1.50. The van der Waals surface area contributed by atoms with Gasteiger partial charge >= 0.3 is 0 Å². The minimum atomic E-state index is -0.180. The number of hydrogen-bond acceptors (Lipinski definition) is 2. The highest BCUT2D eigenvalue weighted by atomic mass is 19.1. The normalized spacial score (nSPS) is 12.9.